The van der Waals surface area contributed by atoms with Crippen LogP contribution in [0.2, 0.25) is 0 Å². The maximum absolute atomic E-state index is 13.5. The molecule has 2 aromatic carbocycles. The second kappa shape index (κ2) is 7.97. The second-order valence-electron chi connectivity index (χ2n) is 5.78. The summed E-state index contributed by atoms with van der Waals surface area (Å²) in [5.74, 6) is 1.55. The third kappa shape index (κ3) is 3.70. The number of hydrogen-bond donors (Lipinski definition) is 0. The summed E-state index contributed by atoms with van der Waals surface area (Å²) in [6.45, 7) is -0.174. The summed E-state index contributed by atoms with van der Waals surface area (Å²) >= 11 is 1.17. The van der Waals surface area contributed by atoms with Gasteiger partial charge >= 0.3 is 6.55 Å². The highest BCUT2D eigenvalue weighted by molar-refractivity contribution is 7.98. The molecule has 0 N–H and O–H groups in total. The third-order valence-electron chi connectivity index (χ3n) is 4.01. The standard InChI is InChI=1S/C19H16F2N4O2S/c1-2-26-13-9-7-12(8-10-13)17-23-24-19(27-17)28-11-16-22-14-5-3-4-6-15(14)25(16)18(20)21/h3-10,18H,2,11H2,1H3. The predicted octanol–water partition coefficient (Wildman–Crippen LogP) is 5.17. The molecule has 0 aliphatic carbocycles. The van der Waals surface area contributed by atoms with Gasteiger partial charge in [0, 0.05) is 5.56 Å². The van der Waals surface area contributed by atoms with Crippen molar-refractivity contribution >= 4 is 22.8 Å². The highest BCUT2D eigenvalue weighted by Gasteiger charge is 2.18. The van der Waals surface area contributed by atoms with Crippen molar-refractivity contribution < 1.29 is 17.9 Å². The number of nitrogens with zero attached hydrogens (tertiary/aromatic N) is 4. The molecule has 4 rings (SSSR count). The van der Waals surface area contributed by atoms with E-state index in [2.05, 4.69) is 15.2 Å². The maximum Gasteiger partial charge on any atom is 0.320 e. The van der Waals surface area contributed by atoms with E-state index in [0.29, 0.717) is 23.5 Å². The van der Waals surface area contributed by atoms with Crippen molar-refractivity contribution in [2.45, 2.75) is 24.4 Å². The monoisotopic (exact) mass is 402 g/mol. The number of halogens is 2. The SMILES string of the molecule is CCOc1ccc(-c2nnc(SCc3nc4ccccc4n3C(F)F)o2)cc1. The third-order valence-corrected chi connectivity index (χ3v) is 4.82. The fourth-order valence-electron chi connectivity index (χ4n) is 2.79. The minimum atomic E-state index is -2.68. The van der Waals surface area contributed by atoms with Crippen LogP contribution in [0.15, 0.2) is 58.2 Å². The van der Waals surface area contributed by atoms with Crippen LogP contribution in [0.25, 0.3) is 22.5 Å². The summed E-state index contributed by atoms with van der Waals surface area (Å²) in [6, 6.07) is 14.1. The van der Waals surface area contributed by atoms with Gasteiger partial charge in [-0.05, 0) is 43.3 Å². The lowest BCUT2D eigenvalue weighted by Crippen LogP contribution is -2.03. The first kappa shape index (κ1) is 18.4. The molecule has 0 bridgehead atoms. The Balaban J connectivity index is 1.51. The largest absolute Gasteiger partial charge is 0.494 e. The average molecular weight is 402 g/mol. The molecule has 2 aromatic heterocycles. The normalized spacial score (nSPS) is 11.4. The molecule has 0 radical (unpaired) electrons. The van der Waals surface area contributed by atoms with Crippen LogP contribution < -0.4 is 4.74 Å². The zero-order chi connectivity index (χ0) is 19.5. The van der Waals surface area contributed by atoms with Gasteiger partial charge in [0.15, 0.2) is 0 Å². The van der Waals surface area contributed by atoms with E-state index in [9.17, 15) is 8.78 Å². The quantitative estimate of drug-likeness (QED) is 0.397. The number of fused-ring (bicyclic) bond motifs is 1. The lowest BCUT2D eigenvalue weighted by Gasteiger charge is -2.06. The molecular formula is C19H16F2N4O2S. The number of benzene rings is 2. The van der Waals surface area contributed by atoms with Gasteiger partial charge in [0.25, 0.3) is 5.22 Å². The molecule has 0 aliphatic heterocycles. The zero-order valence-electron chi connectivity index (χ0n) is 14.9. The number of thioether (sulfide) groups is 1. The van der Waals surface area contributed by atoms with E-state index in [-0.39, 0.29) is 16.8 Å². The minimum Gasteiger partial charge on any atom is -0.494 e. The number of rotatable bonds is 7. The minimum absolute atomic E-state index is 0.184. The molecule has 0 amide bonds. The number of imidazole rings is 1. The van der Waals surface area contributed by atoms with Crippen LogP contribution in [0.1, 0.15) is 19.3 Å². The van der Waals surface area contributed by atoms with E-state index in [1.807, 2.05) is 31.2 Å². The lowest BCUT2D eigenvalue weighted by molar-refractivity contribution is 0.0722. The Hall–Kier alpha value is -2.94. The van der Waals surface area contributed by atoms with Gasteiger partial charge in [-0.25, -0.2) is 4.98 Å². The Bertz CT molecular complexity index is 1080. The first-order valence-corrected chi connectivity index (χ1v) is 9.58. The molecule has 2 heterocycles. The Morgan fingerprint density at radius 1 is 1.11 bits per heavy atom. The zero-order valence-corrected chi connectivity index (χ0v) is 15.7. The molecule has 0 fully saturated rings. The van der Waals surface area contributed by atoms with E-state index in [0.717, 1.165) is 15.9 Å². The lowest BCUT2D eigenvalue weighted by atomic mass is 10.2. The summed E-state index contributed by atoms with van der Waals surface area (Å²) in [7, 11) is 0. The van der Waals surface area contributed by atoms with Crippen LogP contribution in [0.5, 0.6) is 5.75 Å². The number of aromatic nitrogens is 4. The fourth-order valence-corrected chi connectivity index (χ4v) is 3.48. The van der Waals surface area contributed by atoms with Gasteiger partial charge in [0.05, 0.1) is 23.4 Å². The summed E-state index contributed by atoms with van der Waals surface area (Å²) in [5, 5.41) is 8.30. The van der Waals surface area contributed by atoms with Crippen LogP contribution in [0.4, 0.5) is 8.78 Å². The molecular weight excluding hydrogens is 386 g/mol. The van der Waals surface area contributed by atoms with Gasteiger partial charge in [-0.1, -0.05) is 23.9 Å². The van der Waals surface area contributed by atoms with E-state index >= 15 is 0 Å². The van der Waals surface area contributed by atoms with Gasteiger partial charge in [-0.15, -0.1) is 10.2 Å². The van der Waals surface area contributed by atoms with Gasteiger partial charge in [-0.2, -0.15) is 8.78 Å². The van der Waals surface area contributed by atoms with Gasteiger partial charge in [0.2, 0.25) is 5.89 Å². The molecule has 6 nitrogen and oxygen atoms in total. The molecule has 0 unspecified atom stereocenters. The molecule has 9 heteroatoms. The molecule has 0 aliphatic rings. The summed E-state index contributed by atoms with van der Waals surface area (Å²) in [4.78, 5) is 4.30. The molecule has 0 spiro atoms. The van der Waals surface area contributed by atoms with Crippen LogP contribution in [-0.4, -0.2) is 26.4 Å². The highest BCUT2D eigenvalue weighted by Crippen LogP contribution is 2.30. The Morgan fingerprint density at radius 3 is 2.64 bits per heavy atom. The molecule has 0 saturated carbocycles. The highest BCUT2D eigenvalue weighted by atomic mass is 32.2. The van der Waals surface area contributed by atoms with Crippen LogP contribution in [-0.2, 0) is 5.75 Å². The smallest absolute Gasteiger partial charge is 0.320 e. The fraction of sp³-hybridized carbons (Fsp3) is 0.211. The van der Waals surface area contributed by atoms with Gasteiger partial charge in [-0.3, -0.25) is 4.57 Å². The average Bonchev–Trinajstić information content (AvgIpc) is 3.31. The Kier molecular flexibility index (Phi) is 5.25. The van der Waals surface area contributed by atoms with E-state index in [1.165, 1.54) is 11.8 Å². The number of alkyl halides is 2. The summed E-state index contributed by atoms with van der Waals surface area (Å²) < 4.78 is 38.9. The van der Waals surface area contributed by atoms with Crippen molar-refractivity contribution in [2.24, 2.45) is 0 Å². The molecule has 4 aromatic rings. The maximum atomic E-state index is 13.5. The first-order chi connectivity index (χ1) is 13.7. The van der Waals surface area contributed by atoms with E-state index < -0.39 is 6.55 Å². The van der Waals surface area contributed by atoms with Crippen molar-refractivity contribution in [1.29, 1.82) is 0 Å². The predicted molar refractivity (Wildman–Crippen MR) is 101 cm³/mol. The van der Waals surface area contributed by atoms with Gasteiger partial charge in [0.1, 0.15) is 11.6 Å². The molecule has 0 saturated heterocycles. The summed E-state index contributed by atoms with van der Waals surface area (Å²) in [5.41, 5.74) is 1.68. The Labute approximate surface area is 163 Å². The van der Waals surface area contributed by atoms with Crippen LogP contribution in [0, 0.1) is 0 Å². The Morgan fingerprint density at radius 2 is 1.89 bits per heavy atom. The van der Waals surface area contributed by atoms with Gasteiger partial charge < -0.3 is 9.15 Å². The van der Waals surface area contributed by atoms with E-state index in [4.69, 9.17) is 9.15 Å². The van der Waals surface area contributed by atoms with E-state index in [1.54, 1.807) is 24.3 Å². The summed E-state index contributed by atoms with van der Waals surface area (Å²) in [6.07, 6.45) is 0. The van der Waals surface area contributed by atoms with Crippen molar-refractivity contribution in [2.75, 3.05) is 6.61 Å². The molecule has 0 atom stereocenters. The van der Waals surface area contributed by atoms with Crippen molar-refractivity contribution in [3.05, 3.63) is 54.4 Å². The van der Waals surface area contributed by atoms with Crippen molar-refractivity contribution in [3.63, 3.8) is 0 Å². The molecule has 144 valence electrons. The number of para-hydroxylation sites is 2. The first-order valence-electron chi connectivity index (χ1n) is 8.59. The van der Waals surface area contributed by atoms with Crippen molar-refractivity contribution in [3.8, 4) is 17.2 Å². The second-order valence-corrected chi connectivity index (χ2v) is 6.71. The topological polar surface area (TPSA) is 66.0 Å². The van der Waals surface area contributed by atoms with Crippen LogP contribution in [0.3, 0.4) is 0 Å². The van der Waals surface area contributed by atoms with Crippen molar-refractivity contribution in [1.82, 2.24) is 19.7 Å². The number of ether oxygens (including phenoxy) is 1. The molecule has 28 heavy (non-hydrogen) atoms. The van der Waals surface area contributed by atoms with Crippen LogP contribution >= 0.6 is 11.8 Å². The number of hydrogen-bond acceptors (Lipinski definition) is 6.